The predicted molar refractivity (Wildman–Crippen MR) is 144 cm³/mol. The first kappa shape index (κ1) is 25.6. The van der Waals surface area contributed by atoms with Gasteiger partial charge in [-0.3, -0.25) is 9.79 Å². The average Bonchev–Trinajstić information content (AvgIpc) is 3.16. The van der Waals surface area contributed by atoms with E-state index in [0.717, 1.165) is 23.2 Å². The number of hydrogen-bond acceptors (Lipinski definition) is 3. The summed E-state index contributed by atoms with van der Waals surface area (Å²) in [5, 5.41) is 4.23. The molecule has 2 aromatic carbocycles. The van der Waals surface area contributed by atoms with Crippen molar-refractivity contribution < 1.29 is 4.79 Å². The molecule has 2 fully saturated rings. The van der Waals surface area contributed by atoms with Crippen LogP contribution in [0.1, 0.15) is 69.4 Å². The molecule has 0 aromatic heterocycles. The number of halogens is 1. The van der Waals surface area contributed by atoms with Gasteiger partial charge in [0.15, 0.2) is 5.17 Å². The minimum absolute atomic E-state index is 0. The van der Waals surface area contributed by atoms with Crippen molar-refractivity contribution in [3.8, 4) is 0 Å². The summed E-state index contributed by atoms with van der Waals surface area (Å²) in [6.45, 7) is 5.17. The Hall–Kier alpha value is -1.98. The summed E-state index contributed by atoms with van der Waals surface area (Å²) in [4.78, 5) is 20.4. The molecule has 178 valence electrons. The third-order valence-electron chi connectivity index (χ3n) is 6.44. The molecule has 0 bridgehead atoms. The van der Waals surface area contributed by atoms with E-state index in [9.17, 15) is 4.79 Å². The van der Waals surface area contributed by atoms with E-state index in [2.05, 4.69) is 66.5 Å². The lowest BCUT2D eigenvalue weighted by Crippen LogP contribution is -2.37. The zero-order chi connectivity index (χ0) is 22.3. The summed E-state index contributed by atoms with van der Waals surface area (Å²) in [7, 11) is 0. The number of amidine groups is 1. The normalized spacial score (nSPS) is 20.2. The SMILES string of the molecule is CC(C)c1ccc(NC(=O)CC2CSC(=NC3CCCCC3)N2Cc2ccccc2)cc1.Cl. The number of nitrogens with zero attached hydrogens (tertiary/aromatic N) is 2. The van der Waals surface area contributed by atoms with Crippen molar-refractivity contribution in [1.29, 1.82) is 0 Å². The first-order valence-corrected chi connectivity index (χ1v) is 13.0. The van der Waals surface area contributed by atoms with E-state index in [4.69, 9.17) is 4.99 Å². The molecule has 1 N–H and O–H groups in total. The molecular weight excluding hydrogens is 450 g/mol. The van der Waals surface area contributed by atoms with Gasteiger partial charge in [-0.1, -0.05) is 87.3 Å². The molecule has 1 aliphatic heterocycles. The van der Waals surface area contributed by atoms with Crippen LogP contribution in [-0.2, 0) is 11.3 Å². The third-order valence-corrected chi connectivity index (χ3v) is 7.59. The molecule has 2 aromatic rings. The Morgan fingerprint density at radius 2 is 1.76 bits per heavy atom. The smallest absolute Gasteiger partial charge is 0.226 e. The molecule has 2 aliphatic rings. The fourth-order valence-corrected chi connectivity index (χ4v) is 5.74. The van der Waals surface area contributed by atoms with Crippen molar-refractivity contribution in [3.63, 3.8) is 0 Å². The highest BCUT2D eigenvalue weighted by molar-refractivity contribution is 8.14. The lowest BCUT2D eigenvalue weighted by atomic mass is 9.96. The second kappa shape index (κ2) is 12.5. The second-order valence-corrected chi connectivity index (χ2v) is 10.3. The third kappa shape index (κ3) is 7.25. The number of thioether (sulfide) groups is 1. The standard InChI is InChI=1S/C27H35N3OS.ClH/c1-20(2)22-13-15-24(16-14-22)28-26(31)17-25-19-32-27(29-23-11-7-4-8-12-23)30(25)18-21-9-5-3-6-10-21;/h3,5-6,9-10,13-16,20,23,25H,4,7-8,11-12,17-19H2,1-2H3,(H,28,31);1H. The zero-order valence-electron chi connectivity index (χ0n) is 19.7. The Morgan fingerprint density at radius 1 is 1.06 bits per heavy atom. The van der Waals surface area contributed by atoms with E-state index in [0.29, 0.717) is 18.4 Å². The highest BCUT2D eigenvalue weighted by Crippen LogP contribution is 2.31. The molecular formula is C27H36ClN3OS. The zero-order valence-corrected chi connectivity index (χ0v) is 21.3. The summed E-state index contributed by atoms with van der Waals surface area (Å²) in [6.07, 6.45) is 6.78. The molecule has 1 saturated carbocycles. The molecule has 0 radical (unpaired) electrons. The van der Waals surface area contributed by atoms with Crippen molar-refractivity contribution in [1.82, 2.24) is 4.90 Å². The first-order chi connectivity index (χ1) is 15.6. The largest absolute Gasteiger partial charge is 0.343 e. The van der Waals surface area contributed by atoms with Crippen LogP contribution in [0.5, 0.6) is 0 Å². The maximum Gasteiger partial charge on any atom is 0.226 e. The minimum atomic E-state index is 0. The number of amides is 1. The summed E-state index contributed by atoms with van der Waals surface area (Å²) >= 11 is 1.82. The maximum atomic E-state index is 12.9. The number of hydrogen-bond donors (Lipinski definition) is 1. The Bertz CT molecular complexity index is 911. The molecule has 4 nitrogen and oxygen atoms in total. The molecule has 1 heterocycles. The number of nitrogens with one attached hydrogen (secondary N) is 1. The van der Waals surface area contributed by atoms with Crippen molar-refractivity contribution in [2.45, 2.75) is 76.9 Å². The predicted octanol–water partition coefficient (Wildman–Crippen LogP) is 6.87. The first-order valence-electron chi connectivity index (χ1n) is 12.0. The van der Waals surface area contributed by atoms with E-state index >= 15 is 0 Å². The molecule has 1 unspecified atom stereocenters. The molecule has 33 heavy (non-hydrogen) atoms. The van der Waals surface area contributed by atoms with Crippen LogP contribution in [0.2, 0.25) is 0 Å². The van der Waals surface area contributed by atoms with Crippen LogP contribution < -0.4 is 5.32 Å². The summed E-state index contributed by atoms with van der Waals surface area (Å²) in [5.41, 5.74) is 3.42. The number of benzene rings is 2. The van der Waals surface area contributed by atoms with Crippen molar-refractivity contribution in [2.24, 2.45) is 4.99 Å². The fraction of sp³-hybridized carbons (Fsp3) is 0.481. The summed E-state index contributed by atoms with van der Waals surface area (Å²) in [6, 6.07) is 19.4. The van der Waals surface area contributed by atoms with Gasteiger partial charge < -0.3 is 10.2 Å². The topological polar surface area (TPSA) is 44.7 Å². The van der Waals surface area contributed by atoms with Gasteiger partial charge in [0.25, 0.3) is 0 Å². The highest BCUT2D eigenvalue weighted by Gasteiger charge is 2.32. The highest BCUT2D eigenvalue weighted by atomic mass is 35.5. The lowest BCUT2D eigenvalue weighted by molar-refractivity contribution is -0.116. The van der Waals surface area contributed by atoms with Gasteiger partial charge in [0.2, 0.25) is 5.91 Å². The van der Waals surface area contributed by atoms with Crippen molar-refractivity contribution >= 4 is 40.9 Å². The van der Waals surface area contributed by atoms with Crippen LogP contribution in [0.15, 0.2) is 59.6 Å². The van der Waals surface area contributed by atoms with Gasteiger partial charge in [0, 0.05) is 30.4 Å². The van der Waals surface area contributed by atoms with Gasteiger partial charge >= 0.3 is 0 Å². The van der Waals surface area contributed by atoms with Crippen molar-refractivity contribution in [3.05, 3.63) is 65.7 Å². The second-order valence-electron chi connectivity index (χ2n) is 9.31. The molecule has 1 saturated heterocycles. The summed E-state index contributed by atoms with van der Waals surface area (Å²) < 4.78 is 0. The molecule has 1 amide bonds. The van der Waals surface area contributed by atoms with E-state index in [1.54, 1.807) is 0 Å². The number of carbonyl (C=O) groups excluding carboxylic acids is 1. The van der Waals surface area contributed by atoms with Crippen LogP contribution in [-0.4, -0.2) is 33.8 Å². The van der Waals surface area contributed by atoms with Gasteiger partial charge in [-0.15, -0.1) is 12.4 Å². The van der Waals surface area contributed by atoms with Crippen LogP contribution in [0.25, 0.3) is 0 Å². The Morgan fingerprint density at radius 3 is 2.42 bits per heavy atom. The Balaban J connectivity index is 0.00000306. The van der Waals surface area contributed by atoms with E-state index in [1.807, 2.05) is 23.9 Å². The summed E-state index contributed by atoms with van der Waals surface area (Å²) in [5.74, 6) is 1.48. The monoisotopic (exact) mass is 485 g/mol. The van der Waals surface area contributed by atoms with E-state index < -0.39 is 0 Å². The number of anilines is 1. The number of rotatable bonds is 7. The molecule has 1 aliphatic carbocycles. The van der Waals surface area contributed by atoms with Gasteiger partial charge in [-0.25, -0.2) is 0 Å². The maximum absolute atomic E-state index is 12.9. The Labute approximate surface area is 209 Å². The molecule has 0 spiro atoms. The average molecular weight is 486 g/mol. The van der Waals surface area contributed by atoms with Crippen LogP contribution in [0.4, 0.5) is 5.69 Å². The van der Waals surface area contributed by atoms with Gasteiger partial charge in [0.05, 0.1) is 6.04 Å². The fourth-order valence-electron chi connectivity index (χ4n) is 4.50. The molecule has 1 atom stereocenters. The van der Waals surface area contributed by atoms with Crippen LogP contribution in [0, 0.1) is 0 Å². The number of carbonyl (C=O) groups is 1. The minimum Gasteiger partial charge on any atom is -0.343 e. The van der Waals surface area contributed by atoms with Crippen LogP contribution >= 0.6 is 24.2 Å². The molecule has 6 heteroatoms. The Kier molecular flexibility index (Phi) is 9.69. The number of aliphatic imine (C=N–C) groups is 1. The van der Waals surface area contributed by atoms with E-state index in [1.165, 1.54) is 43.2 Å². The quantitative estimate of drug-likeness (QED) is 0.465. The van der Waals surface area contributed by atoms with Crippen LogP contribution in [0.3, 0.4) is 0 Å². The molecule has 4 rings (SSSR count). The van der Waals surface area contributed by atoms with Gasteiger partial charge in [-0.2, -0.15) is 0 Å². The van der Waals surface area contributed by atoms with E-state index in [-0.39, 0.29) is 24.4 Å². The van der Waals surface area contributed by atoms with Crippen molar-refractivity contribution in [2.75, 3.05) is 11.1 Å². The van der Waals surface area contributed by atoms with Gasteiger partial charge in [0.1, 0.15) is 0 Å². The lowest BCUT2D eigenvalue weighted by Gasteiger charge is -2.27. The van der Waals surface area contributed by atoms with Gasteiger partial charge in [-0.05, 0) is 42.0 Å².